The van der Waals surface area contributed by atoms with Crippen LogP contribution in [0.1, 0.15) is 28.4 Å². The molecule has 0 fully saturated rings. The Balaban J connectivity index is 0.00000364. The van der Waals surface area contributed by atoms with Crippen LogP contribution in [0.3, 0.4) is 0 Å². The van der Waals surface area contributed by atoms with Crippen LogP contribution in [0.4, 0.5) is 0 Å². The van der Waals surface area contributed by atoms with Crippen LogP contribution in [-0.2, 0) is 19.6 Å². The first-order chi connectivity index (χ1) is 12.2. The van der Waals surface area contributed by atoms with E-state index < -0.39 is 22.1 Å². The molecule has 0 atom stereocenters. The molecule has 0 aromatic heterocycles. The van der Waals surface area contributed by atoms with E-state index in [0.717, 1.165) is 0 Å². The molecule has 2 aromatic carbocycles. The summed E-state index contributed by atoms with van der Waals surface area (Å²) in [6.45, 7) is 1.23. The fraction of sp³-hybridized carbons (Fsp3) is 0.111. The Kier molecular flexibility index (Phi) is 9.02. The molecule has 138 valence electrons. The van der Waals surface area contributed by atoms with Crippen molar-refractivity contribution in [2.45, 2.75) is 11.8 Å². The number of hydrogen-bond donors (Lipinski definition) is 1. The van der Waals surface area contributed by atoms with Gasteiger partial charge in [0.1, 0.15) is 11.3 Å². The van der Waals surface area contributed by atoms with Gasteiger partial charge in [0, 0.05) is 6.92 Å². The normalized spacial score (nSPS) is 10.9. The first kappa shape index (κ1) is 23.7. The van der Waals surface area contributed by atoms with E-state index in [1.54, 1.807) is 18.2 Å². The van der Waals surface area contributed by atoms with Gasteiger partial charge < -0.3 is 9.47 Å². The van der Waals surface area contributed by atoms with Crippen LogP contribution in [0.5, 0.6) is 5.75 Å². The number of methoxy groups -OCH3 is 1. The Hall–Kier alpha value is -1.33. The van der Waals surface area contributed by atoms with Crippen molar-refractivity contribution in [3.63, 3.8) is 0 Å². The summed E-state index contributed by atoms with van der Waals surface area (Å²) >= 11 is 0. The summed E-state index contributed by atoms with van der Waals surface area (Å²) in [5, 5.41) is 0. The number of rotatable bonds is 5. The average Bonchev–Trinajstić information content (AvgIpc) is 2.59. The summed E-state index contributed by atoms with van der Waals surface area (Å²) in [6, 6.07) is 10.2. The summed E-state index contributed by atoms with van der Waals surface area (Å²) < 4.78 is 40.7. The summed E-state index contributed by atoms with van der Waals surface area (Å²) in [5.74, 6) is -1.11. The van der Waals surface area contributed by atoms with Crippen molar-refractivity contribution >= 4 is 85.6 Å². The van der Waals surface area contributed by atoms with Crippen LogP contribution in [-0.4, -0.2) is 83.4 Å². The molecule has 0 unspecified atom stereocenters. The standard InChI is InChI=1S/C18H16O7S.K.H/c1-12(19)25-17-10-7-14(11-16(17)18(20)24-2)4-3-13-5-8-15(9-6-13)26(21,22)23;;/h3-11H,1-2H3,(H,21,22,23);;. The zero-order chi connectivity index (χ0) is 19.3. The second-order valence-electron chi connectivity index (χ2n) is 5.22. The third-order valence-corrected chi connectivity index (χ3v) is 4.18. The quantitative estimate of drug-likeness (QED) is 0.262. The Morgan fingerprint density at radius 2 is 1.56 bits per heavy atom. The second-order valence-corrected chi connectivity index (χ2v) is 6.64. The van der Waals surface area contributed by atoms with Crippen molar-refractivity contribution in [2.75, 3.05) is 7.11 Å². The van der Waals surface area contributed by atoms with E-state index in [1.165, 1.54) is 50.4 Å². The molecule has 0 amide bonds. The maximum absolute atomic E-state index is 11.9. The third kappa shape index (κ3) is 6.96. The van der Waals surface area contributed by atoms with Gasteiger partial charge in [-0.15, -0.1) is 0 Å². The van der Waals surface area contributed by atoms with Gasteiger partial charge in [-0.2, -0.15) is 8.42 Å². The van der Waals surface area contributed by atoms with E-state index in [9.17, 15) is 18.0 Å². The Labute approximate surface area is 199 Å². The van der Waals surface area contributed by atoms with Gasteiger partial charge in [0.05, 0.1) is 12.0 Å². The Bertz CT molecular complexity index is 964. The van der Waals surface area contributed by atoms with Crippen LogP contribution in [0.15, 0.2) is 47.4 Å². The summed E-state index contributed by atoms with van der Waals surface area (Å²) in [7, 11) is -3.02. The van der Waals surface area contributed by atoms with Gasteiger partial charge in [0.2, 0.25) is 0 Å². The Morgan fingerprint density at radius 3 is 2.07 bits per heavy atom. The van der Waals surface area contributed by atoms with E-state index >= 15 is 0 Å². The number of carbonyl (C=O) groups excluding carboxylic acids is 2. The molecule has 27 heavy (non-hydrogen) atoms. The number of ether oxygens (including phenoxy) is 2. The molecular formula is C18H17KO7S. The Morgan fingerprint density at radius 1 is 1.00 bits per heavy atom. The van der Waals surface area contributed by atoms with Crippen molar-refractivity contribution < 1.29 is 32.0 Å². The van der Waals surface area contributed by atoms with Gasteiger partial charge in [0.15, 0.2) is 0 Å². The molecular weight excluding hydrogens is 399 g/mol. The van der Waals surface area contributed by atoms with Gasteiger partial charge in [-0.05, 0) is 35.4 Å². The molecule has 0 spiro atoms. The van der Waals surface area contributed by atoms with E-state index in [2.05, 4.69) is 4.74 Å². The third-order valence-electron chi connectivity index (χ3n) is 3.31. The van der Waals surface area contributed by atoms with Crippen LogP contribution in [0, 0.1) is 0 Å². The van der Waals surface area contributed by atoms with Gasteiger partial charge in [-0.25, -0.2) is 4.79 Å². The zero-order valence-corrected chi connectivity index (χ0v) is 14.8. The number of benzene rings is 2. The number of esters is 2. The molecule has 2 rings (SSSR count). The molecule has 1 N–H and O–H groups in total. The molecule has 9 heteroatoms. The minimum atomic E-state index is -4.24. The topological polar surface area (TPSA) is 107 Å². The SMILES string of the molecule is COC(=O)c1cc(C=Cc2ccc(S(=O)(=O)O)cc2)ccc1OC(C)=O.[KH]. The molecule has 0 aliphatic carbocycles. The molecule has 0 saturated carbocycles. The molecule has 0 heterocycles. The molecule has 2 aromatic rings. The van der Waals surface area contributed by atoms with Gasteiger partial charge >= 0.3 is 63.3 Å². The van der Waals surface area contributed by atoms with Crippen molar-refractivity contribution in [2.24, 2.45) is 0 Å². The fourth-order valence-electron chi connectivity index (χ4n) is 2.11. The van der Waals surface area contributed by atoms with Crippen molar-refractivity contribution in [1.82, 2.24) is 0 Å². The molecule has 0 radical (unpaired) electrons. The molecule has 0 bridgehead atoms. The molecule has 7 nitrogen and oxygen atoms in total. The van der Waals surface area contributed by atoms with E-state index in [1.807, 2.05) is 0 Å². The number of carbonyl (C=O) groups is 2. The summed E-state index contributed by atoms with van der Waals surface area (Å²) in [5.41, 5.74) is 1.42. The predicted octanol–water partition coefficient (Wildman–Crippen LogP) is 2.17. The average molecular weight is 416 g/mol. The first-order valence-corrected chi connectivity index (χ1v) is 8.81. The zero-order valence-electron chi connectivity index (χ0n) is 14.0. The molecule has 0 aliphatic rings. The van der Waals surface area contributed by atoms with Crippen LogP contribution in [0.2, 0.25) is 0 Å². The second kappa shape index (κ2) is 10.3. The maximum atomic E-state index is 11.9. The molecule has 0 aliphatic heterocycles. The number of hydrogen-bond acceptors (Lipinski definition) is 6. The van der Waals surface area contributed by atoms with E-state index in [0.29, 0.717) is 11.1 Å². The van der Waals surface area contributed by atoms with E-state index in [-0.39, 0.29) is 67.6 Å². The minimum absolute atomic E-state index is 0. The van der Waals surface area contributed by atoms with E-state index in [4.69, 9.17) is 9.29 Å². The summed E-state index contributed by atoms with van der Waals surface area (Å²) in [4.78, 5) is 22.8. The van der Waals surface area contributed by atoms with Crippen LogP contribution in [0.25, 0.3) is 12.2 Å². The summed E-state index contributed by atoms with van der Waals surface area (Å²) in [6.07, 6.45) is 3.38. The van der Waals surface area contributed by atoms with Crippen LogP contribution >= 0.6 is 0 Å². The van der Waals surface area contributed by atoms with Crippen molar-refractivity contribution in [1.29, 1.82) is 0 Å². The predicted molar refractivity (Wildman–Crippen MR) is 101 cm³/mol. The van der Waals surface area contributed by atoms with Gasteiger partial charge in [-0.1, -0.05) is 30.4 Å². The monoisotopic (exact) mass is 416 g/mol. The molecule has 0 saturated heterocycles. The first-order valence-electron chi connectivity index (χ1n) is 7.37. The van der Waals surface area contributed by atoms with Crippen molar-refractivity contribution in [3.05, 3.63) is 59.2 Å². The van der Waals surface area contributed by atoms with Gasteiger partial charge in [-0.3, -0.25) is 9.35 Å². The fourth-order valence-corrected chi connectivity index (χ4v) is 2.59. The van der Waals surface area contributed by atoms with Gasteiger partial charge in [0.25, 0.3) is 10.1 Å². The van der Waals surface area contributed by atoms with Crippen molar-refractivity contribution in [3.8, 4) is 5.75 Å². The van der Waals surface area contributed by atoms with Crippen LogP contribution < -0.4 is 4.74 Å².